The van der Waals surface area contributed by atoms with Crippen LogP contribution in [0.15, 0.2) is 0 Å². The first-order chi connectivity index (χ1) is 8.06. The smallest absolute Gasteiger partial charge is 0.331 e. The fourth-order valence-corrected chi connectivity index (χ4v) is 1.90. The predicted molar refractivity (Wildman–Crippen MR) is 57.2 cm³/mol. The molecule has 0 spiro atoms. The quantitative estimate of drug-likeness (QED) is 0.808. The Kier molecular flexibility index (Phi) is 3.10. The summed E-state index contributed by atoms with van der Waals surface area (Å²) in [5.74, 6) is -0.400. The van der Waals surface area contributed by atoms with Crippen molar-refractivity contribution in [1.82, 2.24) is 20.2 Å². The van der Waals surface area contributed by atoms with Gasteiger partial charge < -0.3 is 9.84 Å². The van der Waals surface area contributed by atoms with Gasteiger partial charge in [-0.25, -0.2) is 9.48 Å². The van der Waals surface area contributed by atoms with Gasteiger partial charge in [0.25, 0.3) is 0 Å². The first-order valence-corrected chi connectivity index (χ1v) is 5.69. The van der Waals surface area contributed by atoms with Gasteiger partial charge in [0, 0.05) is 0 Å². The molecule has 1 heterocycles. The molecular weight excluding hydrogens is 224 g/mol. The largest absolute Gasteiger partial charge is 0.479 e. The monoisotopic (exact) mass is 240 g/mol. The molecule has 1 N–H and O–H groups in total. The molecule has 1 saturated carbocycles. The molecule has 0 saturated heterocycles. The van der Waals surface area contributed by atoms with E-state index in [0.29, 0.717) is 18.7 Å². The minimum Gasteiger partial charge on any atom is -0.479 e. The molecule has 0 bridgehead atoms. The normalized spacial score (nSPS) is 18.1. The van der Waals surface area contributed by atoms with Crippen LogP contribution in [-0.4, -0.2) is 37.4 Å². The van der Waals surface area contributed by atoms with Crippen molar-refractivity contribution in [3.05, 3.63) is 5.82 Å². The van der Waals surface area contributed by atoms with Gasteiger partial charge in [-0.1, -0.05) is 0 Å². The highest BCUT2D eigenvalue weighted by atomic mass is 16.5. The molecule has 94 valence electrons. The van der Waals surface area contributed by atoms with Gasteiger partial charge >= 0.3 is 5.97 Å². The van der Waals surface area contributed by atoms with Gasteiger partial charge in [-0.3, -0.25) is 0 Å². The van der Waals surface area contributed by atoms with Gasteiger partial charge in [-0.05, 0) is 43.5 Å². The Morgan fingerprint density at radius 2 is 2.29 bits per heavy atom. The van der Waals surface area contributed by atoms with Crippen LogP contribution in [-0.2, 0) is 21.7 Å². The molecule has 2 rings (SSSR count). The lowest BCUT2D eigenvalue weighted by atomic mass is 9.77. The average Bonchev–Trinajstić information content (AvgIpc) is 2.61. The van der Waals surface area contributed by atoms with Crippen molar-refractivity contribution in [1.29, 1.82) is 0 Å². The number of hydrogen-bond acceptors (Lipinski definition) is 5. The number of rotatable bonds is 5. The Hall–Kier alpha value is -1.50. The maximum atomic E-state index is 11.3. The molecule has 1 aromatic heterocycles. The molecule has 7 heteroatoms. The molecular formula is C10H16N4O3. The van der Waals surface area contributed by atoms with E-state index in [0.717, 1.165) is 6.42 Å². The summed E-state index contributed by atoms with van der Waals surface area (Å²) in [5, 5.41) is 20.5. The van der Waals surface area contributed by atoms with E-state index >= 15 is 0 Å². The van der Waals surface area contributed by atoms with Crippen LogP contribution in [0.25, 0.3) is 0 Å². The van der Waals surface area contributed by atoms with Gasteiger partial charge in [0.05, 0.1) is 6.10 Å². The second kappa shape index (κ2) is 4.40. The fraction of sp³-hybridized carbons (Fsp3) is 0.800. The van der Waals surface area contributed by atoms with Crippen molar-refractivity contribution in [2.24, 2.45) is 0 Å². The van der Waals surface area contributed by atoms with Gasteiger partial charge in [0.2, 0.25) is 0 Å². The number of aliphatic carboxylic acids is 1. The van der Waals surface area contributed by atoms with Crippen LogP contribution >= 0.6 is 0 Å². The highest BCUT2D eigenvalue weighted by Gasteiger charge is 2.48. The number of ether oxygens (including phenoxy) is 1. The van der Waals surface area contributed by atoms with Gasteiger partial charge in [0.15, 0.2) is 11.4 Å². The lowest BCUT2D eigenvalue weighted by Gasteiger charge is -2.37. The Morgan fingerprint density at radius 3 is 2.76 bits per heavy atom. The van der Waals surface area contributed by atoms with E-state index in [4.69, 9.17) is 4.74 Å². The molecule has 0 atom stereocenters. The molecule has 7 nitrogen and oxygen atoms in total. The molecule has 0 unspecified atom stereocenters. The Balaban J connectivity index is 2.21. The van der Waals surface area contributed by atoms with E-state index in [9.17, 15) is 9.90 Å². The Morgan fingerprint density at radius 1 is 1.59 bits per heavy atom. The summed E-state index contributed by atoms with van der Waals surface area (Å²) in [7, 11) is 0. The molecule has 17 heavy (non-hydrogen) atoms. The second-order valence-electron chi connectivity index (χ2n) is 4.56. The zero-order valence-electron chi connectivity index (χ0n) is 9.96. The Bertz CT molecular complexity index is 411. The zero-order chi connectivity index (χ0) is 12.5. The molecule has 0 radical (unpaired) electrons. The summed E-state index contributed by atoms with van der Waals surface area (Å²) in [6.07, 6.45) is 2.09. The van der Waals surface area contributed by atoms with Crippen LogP contribution in [0.2, 0.25) is 0 Å². The van der Waals surface area contributed by atoms with Crippen LogP contribution < -0.4 is 0 Å². The highest BCUT2D eigenvalue weighted by Crippen LogP contribution is 2.39. The molecule has 0 aliphatic heterocycles. The molecule has 1 fully saturated rings. The lowest BCUT2D eigenvalue weighted by Crippen LogP contribution is -2.49. The lowest BCUT2D eigenvalue weighted by molar-refractivity contribution is -0.153. The maximum Gasteiger partial charge on any atom is 0.331 e. The molecule has 1 aliphatic rings. The van der Waals surface area contributed by atoms with Crippen molar-refractivity contribution in [2.45, 2.75) is 51.4 Å². The van der Waals surface area contributed by atoms with Crippen LogP contribution in [0.5, 0.6) is 0 Å². The first kappa shape index (κ1) is 12.0. The van der Waals surface area contributed by atoms with E-state index in [1.807, 2.05) is 13.8 Å². The summed E-state index contributed by atoms with van der Waals surface area (Å²) < 4.78 is 6.82. The summed E-state index contributed by atoms with van der Waals surface area (Å²) in [4.78, 5) is 11.3. The van der Waals surface area contributed by atoms with Crippen molar-refractivity contribution in [3.8, 4) is 0 Å². The summed E-state index contributed by atoms with van der Waals surface area (Å²) >= 11 is 0. The maximum absolute atomic E-state index is 11.3. The van der Waals surface area contributed by atoms with Crippen LogP contribution in [0, 0.1) is 0 Å². The summed E-state index contributed by atoms with van der Waals surface area (Å²) in [6, 6.07) is 0. The van der Waals surface area contributed by atoms with Crippen molar-refractivity contribution in [3.63, 3.8) is 0 Å². The van der Waals surface area contributed by atoms with Crippen molar-refractivity contribution >= 4 is 5.97 Å². The van der Waals surface area contributed by atoms with E-state index in [-0.39, 0.29) is 12.7 Å². The van der Waals surface area contributed by atoms with Gasteiger partial charge in [-0.15, -0.1) is 5.10 Å². The van der Waals surface area contributed by atoms with Gasteiger partial charge in [-0.2, -0.15) is 0 Å². The summed E-state index contributed by atoms with van der Waals surface area (Å²) in [5.41, 5.74) is -0.959. The molecule has 1 aliphatic carbocycles. The highest BCUT2D eigenvalue weighted by molar-refractivity contribution is 5.77. The number of tetrazole rings is 1. The van der Waals surface area contributed by atoms with Crippen LogP contribution in [0.4, 0.5) is 0 Å². The van der Waals surface area contributed by atoms with E-state index in [1.165, 1.54) is 4.68 Å². The predicted octanol–water partition coefficient (Wildman–Crippen LogP) is 0.562. The number of carboxylic acids is 1. The third-order valence-electron chi connectivity index (χ3n) is 3.06. The minimum atomic E-state index is -0.959. The summed E-state index contributed by atoms with van der Waals surface area (Å²) in [6.45, 7) is 4.05. The number of carboxylic acid groups (broad SMARTS) is 1. The molecule has 1 aromatic rings. The standard InChI is InChI=1S/C10H16N4O3/c1-7(2)17-6-8-11-12-13-14(8)10(9(15)16)4-3-5-10/h7H,3-6H2,1-2H3,(H,15,16). The fourth-order valence-electron chi connectivity index (χ4n) is 1.90. The van der Waals surface area contributed by atoms with E-state index < -0.39 is 11.5 Å². The number of hydrogen-bond donors (Lipinski definition) is 1. The second-order valence-corrected chi connectivity index (χ2v) is 4.56. The molecule has 0 aromatic carbocycles. The third kappa shape index (κ3) is 2.02. The number of aromatic nitrogens is 4. The minimum absolute atomic E-state index is 0.0577. The van der Waals surface area contributed by atoms with Gasteiger partial charge in [0.1, 0.15) is 6.61 Å². The van der Waals surface area contributed by atoms with Crippen LogP contribution in [0.3, 0.4) is 0 Å². The van der Waals surface area contributed by atoms with E-state index in [1.54, 1.807) is 0 Å². The SMILES string of the molecule is CC(C)OCc1nnnn1C1(C(=O)O)CCC1. The number of carbonyl (C=O) groups is 1. The van der Waals surface area contributed by atoms with Crippen LogP contribution in [0.1, 0.15) is 38.9 Å². The van der Waals surface area contributed by atoms with Crippen molar-refractivity contribution in [2.75, 3.05) is 0 Å². The first-order valence-electron chi connectivity index (χ1n) is 5.69. The van der Waals surface area contributed by atoms with Crippen molar-refractivity contribution < 1.29 is 14.6 Å². The Labute approximate surface area is 98.8 Å². The topological polar surface area (TPSA) is 90.1 Å². The average molecular weight is 240 g/mol. The zero-order valence-corrected chi connectivity index (χ0v) is 9.96. The van der Waals surface area contributed by atoms with E-state index in [2.05, 4.69) is 15.5 Å². The number of nitrogens with zero attached hydrogens (tertiary/aromatic N) is 4. The molecule has 0 amide bonds. The third-order valence-corrected chi connectivity index (χ3v) is 3.06.